The van der Waals surface area contributed by atoms with Crippen LogP contribution in [0.25, 0.3) is 11.5 Å². The van der Waals surface area contributed by atoms with Gasteiger partial charge in [-0.3, -0.25) is 0 Å². The lowest BCUT2D eigenvalue weighted by atomic mass is 10.1. The Morgan fingerprint density at radius 1 is 1.14 bits per heavy atom. The summed E-state index contributed by atoms with van der Waals surface area (Å²) < 4.78 is 19.6. The number of aryl methyl sites for hydroxylation is 2. The SMILES string of the molecule is C=CC(=O)OCCCCOC.COC(=O)c1cc(-c2nnc(C)o2)ccc1C. The number of unbranched alkanes of at least 4 members (excludes halogenated alkanes) is 1. The van der Waals surface area contributed by atoms with Gasteiger partial charge in [0.15, 0.2) is 0 Å². The van der Waals surface area contributed by atoms with Gasteiger partial charge in [0.05, 0.1) is 19.3 Å². The van der Waals surface area contributed by atoms with Crippen molar-refractivity contribution in [3.05, 3.63) is 47.9 Å². The van der Waals surface area contributed by atoms with E-state index in [0.717, 1.165) is 24.5 Å². The third-order valence-electron chi connectivity index (χ3n) is 3.57. The Bertz CT molecular complexity index is 785. The Kier molecular flexibility index (Phi) is 10.2. The molecule has 28 heavy (non-hydrogen) atoms. The van der Waals surface area contributed by atoms with Crippen molar-refractivity contribution < 1.29 is 28.2 Å². The Morgan fingerprint density at radius 3 is 2.43 bits per heavy atom. The molecule has 0 atom stereocenters. The zero-order valence-corrected chi connectivity index (χ0v) is 16.7. The Hall–Kier alpha value is -3.00. The van der Waals surface area contributed by atoms with Crippen molar-refractivity contribution in [2.45, 2.75) is 26.7 Å². The van der Waals surface area contributed by atoms with Crippen LogP contribution in [0.15, 0.2) is 35.3 Å². The number of ether oxygens (including phenoxy) is 3. The van der Waals surface area contributed by atoms with Gasteiger partial charge in [0.25, 0.3) is 0 Å². The van der Waals surface area contributed by atoms with Gasteiger partial charge in [0.2, 0.25) is 11.8 Å². The fourth-order valence-electron chi connectivity index (χ4n) is 2.08. The normalized spacial score (nSPS) is 9.86. The minimum absolute atomic E-state index is 0.359. The lowest BCUT2D eigenvalue weighted by molar-refractivity contribution is -0.137. The van der Waals surface area contributed by atoms with Crippen LogP contribution in [0.4, 0.5) is 0 Å². The zero-order valence-electron chi connectivity index (χ0n) is 16.7. The van der Waals surface area contributed by atoms with Crippen LogP contribution in [-0.2, 0) is 19.0 Å². The van der Waals surface area contributed by atoms with Crippen LogP contribution in [0.5, 0.6) is 0 Å². The van der Waals surface area contributed by atoms with Gasteiger partial charge in [-0.2, -0.15) is 0 Å². The molecule has 0 aliphatic rings. The molecule has 1 aromatic heterocycles. The molecule has 152 valence electrons. The van der Waals surface area contributed by atoms with Crippen LogP contribution in [0, 0.1) is 13.8 Å². The summed E-state index contributed by atoms with van der Waals surface area (Å²) >= 11 is 0. The smallest absolute Gasteiger partial charge is 0.338 e. The number of rotatable bonds is 8. The molecule has 0 amide bonds. The maximum Gasteiger partial charge on any atom is 0.338 e. The Labute approximate surface area is 164 Å². The molecule has 0 bridgehead atoms. The van der Waals surface area contributed by atoms with E-state index < -0.39 is 0 Å². The fraction of sp³-hybridized carbons (Fsp3) is 0.400. The lowest BCUT2D eigenvalue weighted by Crippen LogP contribution is -2.03. The second-order valence-electron chi connectivity index (χ2n) is 5.72. The van der Waals surface area contributed by atoms with Crippen LogP contribution in [0.1, 0.15) is 34.7 Å². The van der Waals surface area contributed by atoms with Gasteiger partial charge in [-0.25, -0.2) is 9.59 Å². The predicted octanol–water partition coefficient (Wildman–Crippen LogP) is 3.28. The van der Waals surface area contributed by atoms with Crippen LogP contribution < -0.4 is 0 Å². The van der Waals surface area contributed by atoms with Gasteiger partial charge < -0.3 is 18.6 Å². The zero-order chi connectivity index (χ0) is 20.9. The molecule has 0 aliphatic heterocycles. The van der Waals surface area contributed by atoms with Gasteiger partial charge in [0.1, 0.15) is 0 Å². The van der Waals surface area contributed by atoms with E-state index in [0.29, 0.717) is 36.1 Å². The third kappa shape index (κ3) is 7.71. The maximum atomic E-state index is 11.5. The molecule has 0 radical (unpaired) electrons. The first-order chi connectivity index (χ1) is 13.4. The number of methoxy groups -OCH3 is 2. The average molecular weight is 390 g/mol. The van der Waals surface area contributed by atoms with Crippen molar-refractivity contribution >= 4 is 11.9 Å². The minimum Gasteiger partial charge on any atom is -0.465 e. The molecule has 2 aromatic rings. The fourth-order valence-corrected chi connectivity index (χ4v) is 2.08. The van der Waals surface area contributed by atoms with Gasteiger partial charge in [0, 0.05) is 32.3 Å². The van der Waals surface area contributed by atoms with Crippen LogP contribution in [0.2, 0.25) is 0 Å². The molecular weight excluding hydrogens is 364 g/mol. The number of benzene rings is 1. The molecule has 1 heterocycles. The molecule has 0 unspecified atom stereocenters. The highest BCUT2D eigenvalue weighted by Gasteiger charge is 2.13. The van der Waals surface area contributed by atoms with E-state index in [1.54, 1.807) is 20.1 Å². The Morgan fingerprint density at radius 2 is 1.86 bits per heavy atom. The highest BCUT2D eigenvalue weighted by atomic mass is 16.5. The molecule has 8 nitrogen and oxygen atoms in total. The first-order valence-corrected chi connectivity index (χ1v) is 8.70. The summed E-state index contributed by atoms with van der Waals surface area (Å²) in [6, 6.07) is 5.34. The van der Waals surface area contributed by atoms with Crippen LogP contribution >= 0.6 is 0 Å². The number of carbonyl (C=O) groups is 2. The highest BCUT2D eigenvalue weighted by molar-refractivity contribution is 5.92. The van der Waals surface area contributed by atoms with Gasteiger partial charge in [-0.05, 0) is 37.5 Å². The number of nitrogens with zero attached hydrogens (tertiary/aromatic N) is 2. The van der Waals surface area contributed by atoms with E-state index in [2.05, 4.69) is 16.8 Å². The van der Waals surface area contributed by atoms with Crippen molar-refractivity contribution in [2.75, 3.05) is 27.4 Å². The highest BCUT2D eigenvalue weighted by Crippen LogP contribution is 2.21. The van der Waals surface area contributed by atoms with E-state index in [4.69, 9.17) is 18.6 Å². The van der Waals surface area contributed by atoms with Crippen LogP contribution in [-0.4, -0.2) is 49.6 Å². The summed E-state index contributed by atoms with van der Waals surface area (Å²) in [6.07, 6.45) is 2.92. The lowest BCUT2D eigenvalue weighted by Gasteiger charge is -2.04. The summed E-state index contributed by atoms with van der Waals surface area (Å²) in [6.45, 7) is 8.00. The third-order valence-corrected chi connectivity index (χ3v) is 3.57. The summed E-state index contributed by atoms with van der Waals surface area (Å²) in [4.78, 5) is 22.0. The molecule has 0 N–H and O–H groups in total. The average Bonchev–Trinajstić information content (AvgIpc) is 3.14. The van der Waals surface area contributed by atoms with Crippen molar-refractivity contribution in [1.29, 1.82) is 0 Å². The van der Waals surface area contributed by atoms with E-state index in [1.807, 2.05) is 19.1 Å². The molecule has 0 spiro atoms. The molecule has 0 fully saturated rings. The minimum atomic E-state index is -0.374. The molecule has 0 aliphatic carbocycles. The number of esters is 2. The van der Waals surface area contributed by atoms with E-state index >= 15 is 0 Å². The molecule has 8 heteroatoms. The number of aromatic nitrogens is 2. The summed E-state index contributed by atoms with van der Waals surface area (Å²) in [5.41, 5.74) is 2.05. The van der Waals surface area contributed by atoms with Gasteiger partial charge in [-0.1, -0.05) is 12.6 Å². The summed E-state index contributed by atoms with van der Waals surface area (Å²) in [5, 5.41) is 7.65. The molecule has 0 saturated carbocycles. The standard InChI is InChI=1S/C12H12N2O3.C8H14O3/c1-7-4-5-9(6-10(7)12(15)16-3)11-14-13-8(2)17-11;1-3-8(9)11-7-5-4-6-10-2/h4-6H,1-3H3;3H,1,4-7H2,2H3. The first kappa shape index (κ1) is 23.0. The predicted molar refractivity (Wildman–Crippen MR) is 103 cm³/mol. The van der Waals surface area contributed by atoms with Crippen molar-refractivity contribution in [1.82, 2.24) is 10.2 Å². The second kappa shape index (κ2) is 12.4. The number of hydrogen-bond acceptors (Lipinski definition) is 8. The molecule has 0 saturated heterocycles. The first-order valence-electron chi connectivity index (χ1n) is 8.70. The van der Waals surface area contributed by atoms with Gasteiger partial charge >= 0.3 is 11.9 Å². The van der Waals surface area contributed by atoms with Crippen molar-refractivity contribution in [3.8, 4) is 11.5 Å². The number of hydrogen-bond donors (Lipinski definition) is 0. The molecule has 1 aromatic carbocycles. The van der Waals surface area contributed by atoms with Crippen LogP contribution in [0.3, 0.4) is 0 Å². The van der Waals surface area contributed by atoms with Crippen molar-refractivity contribution in [2.24, 2.45) is 0 Å². The second-order valence-corrected chi connectivity index (χ2v) is 5.72. The summed E-state index contributed by atoms with van der Waals surface area (Å²) in [7, 11) is 3.00. The van der Waals surface area contributed by atoms with Crippen molar-refractivity contribution in [3.63, 3.8) is 0 Å². The van der Waals surface area contributed by atoms with E-state index in [-0.39, 0.29) is 11.9 Å². The molecule has 2 rings (SSSR count). The monoisotopic (exact) mass is 390 g/mol. The van der Waals surface area contributed by atoms with E-state index in [9.17, 15) is 9.59 Å². The van der Waals surface area contributed by atoms with Gasteiger partial charge in [-0.15, -0.1) is 10.2 Å². The molecular formula is C20H26N2O6. The quantitative estimate of drug-likeness (QED) is 0.384. The Balaban J connectivity index is 0.000000311. The number of carbonyl (C=O) groups excluding carboxylic acids is 2. The summed E-state index contributed by atoms with van der Waals surface area (Å²) in [5.74, 6) is 0.149. The largest absolute Gasteiger partial charge is 0.465 e. The van der Waals surface area contributed by atoms with E-state index in [1.165, 1.54) is 7.11 Å². The topological polar surface area (TPSA) is 101 Å². The maximum absolute atomic E-state index is 11.5.